The number of alkyl halides is 9. The monoisotopic (exact) mass is 683 g/mol. The zero-order valence-corrected chi connectivity index (χ0v) is 22.9. The minimum absolute atomic E-state index is 0.00412. The fourth-order valence-corrected chi connectivity index (χ4v) is 2.10. The van der Waals surface area contributed by atoms with E-state index in [1.54, 1.807) is 24.3 Å². The standard InChI is InChI=1S/C18H23N5O2.3C2HF3O2/c19-7-9-24-16-6-2-4-14(12-16)18(22)23-8-10-25-15-5-1-3-13(11-15)17(20)21;3*3-2(4,5)1(6)7/h1-6,11-12H,7-10,19H2,(H3,20,21)(H2,22,23);3*(H,6,7). The molecule has 0 saturated carbocycles. The first kappa shape index (κ1) is 42.9. The molecule has 2 aromatic carbocycles. The summed E-state index contributed by atoms with van der Waals surface area (Å²) >= 11 is 0. The first-order valence-corrected chi connectivity index (χ1v) is 11.6. The molecule has 0 heterocycles. The number of amidine groups is 2. The topological polar surface area (TPSA) is 245 Å². The van der Waals surface area contributed by atoms with Gasteiger partial charge in [0.05, 0.1) is 6.54 Å². The van der Waals surface area contributed by atoms with Gasteiger partial charge in [0.2, 0.25) is 0 Å². The number of halogens is 9. The Bertz CT molecular complexity index is 1260. The third kappa shape index (κ3) is 20.6. The highest BCUT2D eigenvalue weighted by Gasteiger charge is 2.39. The van der Waals surface area contributed by atoms with Gasteiger partial charge in [0.1, 0.15) is 36.4 Å². The lowest BCUT2D eigenvalue weighted by molar-refractivity contribution is -0.193. The van der Waals surface area contributed by atoms with Gasteiger partial charge in [0.25, 0.3) is 0 Å². The summed E-state index contributed by atoms with van der Waals surface area (Å²) in [5.41, 5.74) is 18.3. The maximum absolute atomic E-state index is 10.6. The number of nitrogens with two attached hydrogens (primary N) is 3. The number of nitrogen functional groups attached to an aromatic ring is 1. The van der Waals surface area contributed by atoms with Crippen LogP contribution < -0.4 is 26.7 Å². The van der Waals surface area contributed by atoms with Crippen LogP contribution in [0.5, 0.6) is 11.5 Å². The largest absolute Gasteiger partial charge is 0.492 e. The lowest BCUT2D eigenvalue weighted by atomic mass is 10.2. The number of nitrogens with one attached hydrogen (secondary N) is 1. The molecule has 0 spiro atoms. The number of hydrogen-bond donors (Lipinski definition) is 7. The molecule has 2 aromatic rings. The molecule has 0 fully saturated rings. The second kappa shape index (κ2) is 19.9. The summed E-state index contributed by atoms with van der Waals surface area (Å²) in [4.78, 5) is 31.0. The molecule has 0 aromatic heterocycles. The quantitative estimate of drug-likeness (QED) is 0.0877. The number of aliphatic imine (C=N–C) groups is 1. The van der Waals surface area contributed by atoms with Gasteiger partial charge < -0.3 is 42.0 Å². The van der Waals surface area contributed by atoms with Crippen LogP contribution in [-0.2, 0) is 14.4 Å². The van der Waals surface area contributed by atoms with Crippen LogP contribution in [0.25, 0.3) is 0 Å². The minimum atomic E-state index is -5.08. The van der Waals surface area contributed by atoms with Crippen molar-refractivity contribution in [3.05, 3.63) is 59.7 Å². The van der Waals surface area contributed by atoms with Crippen LogP contribution in [0.15, 0.2) is 53.5 Å². The third-order valence-electron chi connectivity index (χ3n) is 4.03. The predicted molar refractivity (Wildman–Crippen MR) is 141 cm³/mol. The Hall–Kier alpha value is -5.28. The number of carboxylic acids is 3. The van der Waals surface area contributed by atoms with E-state index in [-0.39, 0.29) is 5.84 Å². The Kier molecular flexibility index (Phi) is 18.5. The Balaban J connectivity index is 0. The maximum Gasteiger partial charge on any atom is 0.490 e. The van der Waals surface area contributed by atoms with Gasteiger partial charge in [0.15, 0.2) is 0 Å². The van der Waals surface area contributed by atoms with E-state index >= 15 is 0 Å². The second-order valence-electron chi connectivity index (χ2n) is 7.63. The Morgan fingerprint density at radius 2 is 1.04 bits per heavy atom. The summed E-state index contributed by atoms with van der Waals surface area (Å²) in [5, 5.41) is 28.8. The van der Waals surface area contributed by atoms with Gasteiger partial charge in [-0.05, 0) is 24.3 Å². The van der Waals surface area contributed by atoms with Gasteiger partial charge in [0, 0.05) is 17.7 Å². The van der Waals surface area contributed by atoms with E-state index in [9.17, 15) is 39.5 Å². The molecule has 0 aliphatic rings. The molecule has 10 N–H and O–H groups in total. The fourth-order valence-electron chi connectivity index (χ4n) is 2.10. The van der Waals surface area contributed by atoms with E-state index in [0.29, 0.717) is 49.2 Å². The summed E-state index contributed by atoms with van der Waals surface area (Å²) in [6.07, 6.45) is -15.3. The summed E-state index contributed by atoms with van der Waals surface area (Å²) in [7, 11) is 0. The third-order valence-corrected chi connectivity index (χ3v) is 4.03. The van der Waals surface area contributed by atoms with E-state index in [1.165, 1.54) is 0 Å². The minimum Gasteiger partial charge on any atom is -0.492 e. The molecular formula is C24H26F9N5O8. The molecule has 22 heteroatoms. The van der Waals surface area contributed by atoms with Gasteiger partial charge in [-0.1, -0.05) is 24.3 Å². The van der Waals surface area contributed by atoms with Crippen molar-refractivity contribution in [2.45, 2.75) is 18.5 Å². The Morgan fingerprint density at radius 3 is 1.39 bits per heavy atom. The zero-order chi connectivity index (χ0) is 36.3. The van der Waals surface area contributed by atoms with Crippen LogP contribution in [0.1, 0.15) is 11.1 Å². The van der Waals surface area contributed by atoms with Gasteiger partial charge in [-0.15, -0.1) is 0 Å². The number of carboxylic acid groups (broad SMARTS) is 3. The fraction of sp³-hybridized carbons (Fsp3) is 0.292. The predicted octanol–water partition coefficient (Wildman–Crippen LogP) is 2.99. The van der Waals surface area contributed by atoms with E-state index < -0.39 is 36.4 Å². The Morgan fingerprint density at radius 1 is 0.696 bits per heavy atom. The summed E-state index contributed by atoms with van der Waals surface area (Å²) < 4.78 is 106. The molecule has 258 valence electrons. The zero-order valence-electron chi connectivity index (χ0n) is 22.9. The molecule has 0 atom stereocenters. The highest BCUT2D eigenvalue weighted by atomic mass is 19.4. The smallest absolute Gasteiger partial charge is 0.490 e. The van der Waals surface area contributed by atoms with Crippen molar-refractivity contribution in [2.24, 2.45) is 22.2 Å². The van der Waals surface area contributed by atoms with Crippen LogP contribution in [0.2, 0.25) is 0 Å². The SMILES string of the molecule is N=C(N)c1cccc(OCCN=C(N)c2cccc(OCCN)c2)c1.O=C(O)C(F)(F)F.O=C(O)C(F)(F)F.O=C(O)C(F)(F)F. The van der Waals surface area contributed by atoms with Gasteiger partial charge in [-0.25, -0.2) is 14.4 Å². The van der Waals surface area contributed by atoms with Crippen molar-refractivity contribution in [3.63, 3.8) is 0 Å². The normalized spacial score (nSPS) is 11.2. The molecule has 0 unspecified atom stereocenters. The average molecular weight is 683 g/mol. The van der Waals surface area contributed by atoms with Crippen molar-refractivity contribution in [3.8, 4) is 11.5 Å². The van der Waals surface area contributed by atoms with E-state index in [2.05, 4.69) is 4.99 Å². The summed E-state index contributed by atoms with van der Waals surface area (Å²) in [6, 6.07) is 14.5. The molecule has 46 heavy (non-hydrogen) atoms. The summed E-state index contributed by atoms with van der Waals surface area (Å²) in [5.74, 6) is -6.51. The van der Waals surface area contributed by atoms with Gasteiger partial charge in [-0.2, -0.15) is 39.5 Å². The highest BCUT2D eigenvalue weighted by molar-refractivity contribution is 5.97. The molecule has 0 radical (unpaired) electrons. The lowest BCUT2D eigenvalue weighted by Gasteiger charge is -2.08. The highest BCUT2D eigenvalue weighted by Crippen LogP contribution is 2.16. The number of nitrogens with zero attached hydrogens (tertiary/aromatic N) is 1. The van der Waals surface area contributed by atoms with E-state index in [0.717, 1.165) is 5.56 Å². The Labute approximate surface area is 252 Å². The second-order valence-corrected chi connectivity index (χ2v) is 7.63. The lowest BCUT2D eigenvalue weighted by Crippen LogP contribution is -2.21. The van der Waals surface area contributed by atoms with E-state index in [4.69, 9.17) is 61.8 Å². The number of carbonyl (C=O) groups is 3. The average Bonchev–Trinajstić information content (AvgIpc) is 2.94. The molecular weight excluding hydrogens is 657 g/mol. The molecule has 0 saturated heterocycles. The van der Waals surface area contributed by atoms with Crippen molar-refractivity contribution in [1.29, 1.82) is 5.41 Å². The molecule has 0 aliphatic carbocycles. The van der Waals surface area contributed by atoms with E-state index in [1.807, 2.05) is 24.3 Å². The van der Waals surface area contributed by atoms with Gasteiger partial charge >= 0.3 is 36.4 Å². The number of ether oxygens (including phenoxy) is 2. The molecule has 13 nitrogen and oxygen atoms in total. The molecule has 0 amide bonds. The maximum atomic E-state index is 10.6. The first-order valence-electron chi connectivity index (χ1n) is 11.6. The number of hydrogen-bond acceptors (Lipinski definition) is 8. The first-order chi connectivity index (χ1) is 20.9. The van der Waals surface area contributed by atoms with Crippen LogP contribution >= 0.6 is 0 Å². The van der Waals surface area contributed by atoms with Crippen LogP contribution in [0, 0.1) is 5.41 Å². The van der Waals surface area contributed by atoms with Crippen molar-refractivity contribution in [1.82, 2.24) is 0 Å². The molecule has 0 aliphatic heterocycles. The van der Waals surface area contributed by atoms with Gasteiger partial charge in [-0.3, -0.25) is 10.4 Å². The van der Waals surface area contributed by atoms with Crippen molar-refractivity contribution in [2.75, 3.05) is 26.3 Å². The molecule has 2 rings (SSSR count). The summed E-state index contributed by atoms with van der Waals surface area (Å²) in [6.45, 7) is 1.68. The number of rotatable bonds is 9. The van der Waals surface area contributed by atoms with Crippen molar-refractivity contribution >= 4 is 29.6 Å². The van der Waals surface area contributed by atoms with Crippen molar-refractivity contribution < 1.29 is 78.7 Å². The number of aliphatic carboxylic acids is 3. The van der Waals surface area contributed by atoms with Crippen LogP contribution in [-0.4, -0.2) is 89.7 Å². The number of benzene rings is 2. The van der Waals surface area contributed by atoms with Crippen LogP contribution in [0.3, 0.4) is 0 Å². The molecule has 0 bridgehead atoms. The van der Waals surface area contributed by atoms with Crippen LogP contribution in [0.4, 0.5) is 39.5 Å².